The maximum Gasteiger partial charge on any atom is 0.223 e. The lowest BCUT2D eigenvalue weighted by Crippen LogP contribution is -2.56. The van der Waals surface area contributed by atoms with Crippen LogP contribution >= 0.6 is 0 Å². The van der Waals surface area contributed by atoms with E-state index < -0.39 is 0 Å². The maximum atomic E-state index is 11.4. The SMILES string of the molecule is CN(C)C(=O)CCNCC1(N(C)C)CCC1. The van der Waals surface area contributed by atoms with Crippen molar-refractivity contribution in [2.75, 3.05) is 41.3 Å². The first-order valence-corrected chi connectivity index (χ1v) is 6.06. The van der Waals surface area contributed by atoms with E-state index in [0.29, 0.717) is 12.0 Å². The average molecular weight is 227 g/mol. The first-order valence-electron chi connectivity index (χ1n) is 6.06. The van der Waals surface area contributed by atoms with Crippen molar-refractivity contribution in [2.24, 2.45) is 0 Å². The molecule has 4 nitrogen and oxygen atoms in total. The lowest BCUT2D eigenvalue weighted by Gasteiger charge is -2.47. The molecule has 0 aromatic heterocycles. The van der Waals surface area contributed by atoms with Gasteiger partial charge in [0.15, 0.2) is 0 Å². The van der Waals surface area contributed by atoms with Gasteiger partial charge in [0.1, 0.15) is 0 Å². The molecule has 0 aromatic carbocycles. The minimum Gasteiger partial charge on any atom is -0.349 e. The average Bonchev–Trinajstić information content (AvgIpc) is 2.13. The molecule has 0 atom stereocenters. The number of carbonyl (C=O) groups excluding carboxylic acids is 1. The Morgan fingerprint density at radius 1 is 1.25 bits per heavy atom. The van der Waals surface area contributed by atoms with E-state index in [9.17, 15) is 4.79 Å². The predicted molar refractivity (Wildman–Crippen MR) is 66.4 cm³/mol. The van der Waals surface area contributed by atoms with Crippen molar-refractivity contribution in [1.82, 2.24) is 15.1 Å². The Morgan fingerprint density at radius 3 is 2.25 bits per heavy atom. The van der Waals surface area contributed by atoms with E-state index in [1.807, 2.05) is 0 Å². The molecule has 1 aliphatic rings. The lowest BCUT2D eigenvalue weighted by atomic mass is 9.75. The molecule has 0 aromatic rings. The number of nitrogens with one attached hydrogen (secondary N) is 1. The Morgan fingerprint density at radius 2 is 1.88 bits per heavy atom. The zero-order valence-corrected chi connectivity index (χ0v) is 11.0. The van der Waals surface area contributed by atoms with Gasteiger partial charge in [-0.15, -0.1) is 0 Å². The normalized spacial score (nSPS) is 18.3. The molecule has 16 heavy (non-hydrogen) atoms. The number of hydrogen-bond acceptors (Lipinski definition) is 3. The molecule has 1 saturated carbocycles. The highest BCUT2D eigenvalue weighted by Gasteiger charge is 2.38. The molecule has 0 spiro atoms. The number of rotatable bonds is 6. The van der Waals surface area contributed by atoms with Crippen LogP contribution in [0.5, 0.6) is 0 Å². The van der Waals surface area contributed by atoms with Gasteiger partial charge in [-0.05, 0) is 33.4 Å². The molecule has 0 radical (unpaired) electrons. The van der Waals surface area contributed by atoms with Gasteiger partial charge in [0.05, 0.1) is 0 Å². The molecule has 1 rings (SSSR count). The van der Waals surface area contributed by atoms with Crippen molar-refractivity contribution in [3.05, 3.63) is 0 Å². The summed E-state index contributed by atoms with van der Waals surface area (Å²) in [6.07, 6.45) is 4.47. The van der Waals surface area contributed by atoms with E-state index in [1.54, 1.807) is 19.0 Å². The van der Waals surface area contributed by atoms with E-state index in [2.05, 4.69) is 24.3 Å². The van der Waals surface area contributed by atoms with E-state index in [-0.39, 0.29) is 5.91 Å². The molecule has 4 heteroatoms. The van der Waals surface area contributed by atoms with Crippen molar-refractivity contribution < 1.29 is 4.79 Å². The zero-order chi connectivity index (χ0) is 12.2. The van der Waals surface area contributed by atoms with Crippen LogP contribution in [0.25, 0.3) is 0 Å². The highest BCUT2D eigenvalue weighted by Crippen LogP contribution is 2.35. The molecular formula is C12H25N3O. The molecule has 0 heterocycles. The predicted octanol–water partition coefficient (Wildman–Crippen LogP) is 0.539. The van der Waals surface area contributed by atoms with E-state index >= 15 is 0 Å². The van der Waals surface area contributed by atoms with Gasteiger partial charge in [-0.3, -0.25) is 4.79 Å². The van der Waals surface area contributed by atoms with Crippen molar-refractivity contribution >= 4 is 5.91 Å². The Labute approximate surface area is 99.0 Å². The van der Waals surface area contributed by atoms with Crippen LogP contribution in [0.4, 0.5) is 0 Å². The highest BCUT2D eigenvalue weighted by atomic mass is 16.2. The topological polar surface area (TPSA) is 35.6 Å². The molecular weight excluding hydrogens is 202 g/mol. The van der Waals surface area contributed by atoms with Gasteiger partial charge >= 0.3 is 0 Å². The monoisotopic (exact) mass is 227 g/mol. The van der Waals surface area contributed by atoms with Gasteiger partial charge in [-0.2, -0.15) is 0 Å². The Balaban J connectivity index is 2.17. The first kappa shape index (κ1) is 13.5. The largest absolute Gasteiger partial charge is 0.349 e. The number of likely N-dealkylation sites (N-methyl/N-ethyl adjacent to an activating group) is 1. The fourth-order valence-electron chi connectivity index (χ4n) is 2.11. The summed E-state index contributed by atoms with van der Waals surface area (Å²) in [5.41, 5.74) is 0.348. The molecule has 1 N–H and O–H groups in total. The van der Waals surface area contributed by atoms with Crippen molar-refractivity contribution in [3.63, 3.8) is 0 Å². The Kier molecular flexibility index (Phi) is 4.74. The van der Waals surface area contributed by atoms with Crippen LogP contribution in [0, 0.1) is 0 Å². The van der Waals surface area contributed by atoms with Crippen molar-refractivity contribution in [3.8, 4) is 0 Å². The van der Waals surface area contributed by atoms with Gasteiger partial charge in [0.2, 0.25) is 5.91 Å². The third-order valence-electron chi connectivity index (χ3n) is 3.70. The lowest BCUT2D eigenvalue weighted by molar-refractivity contribution is -0.128. The van der Waals surface area contributed by atoms with Gasteiger partial charge < -0.3 is 15.1 Å². The molecule has 1 aliphatic carbocycles. The van der Waals surface area contributed by atoms with Gasteiger partial charge in [-0.25, -0.2) is 0 Å². The van der Waals surface area contributed by atoms with E-state index in [1.165, 1.54) is 19.3 Å². The second-order valence-corrected chi connectivity index (χ2v) is 5.19. The molecule has 0 saturated heterocycles. The number of carbonyl (C=O) groups is 1. The molecule has 1 fully saturated rings. The summed E-state index contributed by atoms with van der Waals surface area (Å²) in [6, 6.07) is 0. The maximum absolute atomic E-state index is 11.4. The fourth-order valence-corrected chi connectivity index (χ4v) is 2.11. The number of nitrogens with zero attached hydrogens (tertiary/aromatic N) is 2. The summed E-state index contributed by atoms with van der Waals surface area (Å²) in [4.78, 5) is 15.3. The Hall–Kier alpha value is -0.610. The van der Waals surface area contributed by atoms with Crippen LogP contribution in [0.15, 0.2) is 0 Å². The summed E-state index contributed by atoms with van der Waals surface area (Å²) in [7, 11) is 7.89. The third-order valence-corrected chi connectivity index (χ3v) is 3.70. The zero-order valence-electron chi connectivity index (χ0n) is 11.0. The van der Waals surface area contributed by atoms with Crippen LogP contribution in [0.1, 0.15) is 25.7 Å². The summed E-state index contributed by atoms with van der Waals surface area (Å²) in [5.74, 6) is 0.194. The standard InChI is InChI=1S/C12H25N3O/c1-14(2)11(16)6-9-13-10-12(15(3)4)7-5-8-12/h13H,5-10H2,1-4H3. The minimum absolute atomic E-state index is 0.194. The molecule has 0 aliphatic heterocycles. The highest BCUT2D eigenvalue weighted by molar-refractivity contribution is 5.75. The second-order valence-electron chi connectivity index (χ2n) is 5.19. The van der Waals surface area contributed by atoms with Crippen LogP contribution < -0.4 is 5.32 Å². The molecule has 0 bridgehead atoms. The van der Waals surface area contributed by atoms with Crippen LogP contribution in [0.3, 0.4) is 0 Å². The summed E-state index contributed by atoms with van der Waals surface area (Å²) < 4.78 is 0. The van der Waals surface area contributed by atoms with E-state index in [0.717, 1.165) is 13.1 Å². The molecule has 94 valence electrons. The number of amides is 1. The first-order chi connectivity index (χ1) is 7.48. The third kappa shape index (κ3) is 3.19. The van der Waals surface area contributed by atoms with Crippen LogP contribution in [-0.4, -0.2) is 62.5 Å². The molecule has 1 amide bonds. The van der Waals surface area contributed by atoms with Crippen molar-refractivity contribution in [1.29, 1.82) is 0 Å². The van der Waals surface area contributed by atoms with Gasteiger partial charge in [0, 0.05) is 39.1 Å². The Bertz CT molecular complexity index is 234. The second kappa shape index (κ2) is 5.64. The summed E-state index contributed by atoms with van der Waals surface area (Å²) in [6.45, 7) is 1.79. The van der Waals surface area contributed by atoms with E-state index in [4.69, 9.17) is 0 Å². The van der Waals surface area contributed by atoms with Crippen LogP contribution in [0.2, 0.25) is 0 Å². The number of hydrogen-bond donors (Lipinski definition) is 1. The summed E-state index contributed by atoms with van der Waals surface area (Å²) in [5, 5.41) is 3.41. The minimum atomic E-state index is 0.194. The summed E-state index contributed by atoms with van der Waals surface area (Å²) >= 11 is 0. The molecule has 0 unspecified atom stereocenters. The van der Waals surface area contributed by atoms with Crippen LogP contribution in [-0.2, 0) is 4.79 Å². The quantitative estimate of drug-likeness (QED) is 0.673. The van der Waals surface area contributed by atoms with Crippen molar-refractivity contribution in [2.45, 2.75) is 31.2 Å². The smallest absolute Gasteiger partial charge is 0.223 e. The van der Waals surface area contributed by atoms with Gasteiger partial charge in [-0.1, -0.05) is 0 Å². The van der Waals surface area contributed by atoms with Gasteiger partial charge in [0.25, 0.3) is 0 Å². The fraction of sp³-hybridized carbons (Fsp3) is 0.917.